The van der Waals surface area contributed by atoms with Gasteiger partial charge in [0, 0.05) is 31.6 Å². The van der Waals surface area contributed by atoms with Crippen molar-refractivity contribution in [3.05, 3.63) is 59.7 Å². The van der Waals surface area contributed by atoms with E-state index in [1.54, 1.807) is 48.5 Å². The van der Waals surface area contributed by atoms with Gasteiger partial charge in [0.25, 0.3) is 11.8 Å². The summed E-state index contributed by atoms with van der Waals surface area (Å²) in [5, 5.41) is 5.34. The van der Waals surface area contributed by atoms with Crippen molar-refractivity contribution in [1.82, 2.24) is 10.2 Å². The Morgan fingerprint density at radius 2 is 1.72 bits per heavy atom. The fourth-order valence-corrected chi connectivity index (χ4v) is 3.17. The Morgan fingerprint density at radius 3 is 2.41 bits per heavy atom. The first-order valence-electron chi connectivity index (χ1n) is 10.1. The van der Waals surface area contributed by atoms with Gasteiger partial charge in [0.2, 0.25) is 11.8 Å². The maximum Gasteiger partial charge on any atom is 0.261 e. The van der Waals surface area contributed by atoms with Crippen LogP contribution in [0.5, 0.6) is 5.75 Å². The van der Waals surface area contributed by atoms with Crippen LogP contribution in [0.1, 0.15) is 40.5 Å². The molecule has 8 nitrogen and oxygen atoms in total. The molecule has 0 fully saturated rings. The van der Waals surface area contributed by atoms with E-state index < -0.39 is 0 Å². The predicted molar refractivity (Wildman–Crippen MR) is 118 cm³/mol. The second-order valence-electron chi connectivity index (χ2n) is 7.04. The molecule has 0 atom stereocenters. The number of carbonyl (C=O) groups is 4. The van der Waals surface area contributed by atoms with Gasteiger partial charge in [-0.1, -0.05) is 30.0 Å². The van der Waals surface area contributed by atoms with Crippen LogP contribution in [0.3, 0.4) is 0 Å². The monoisotopic (exact) mass is 433 g/mol. The van der Waals surface area contributed by atoms with Crippen LogP contribution < -0.4 is 15.4 Å². The minimum absolute atomic E-state index is 0.138. The number of fused-ring (bicyclic) bond motifs is 1. The van der Waals surface area contributed by atoms with E-state index in [2.05, 4.69) is 22.5 Å². The highest BCUT2D eigenvalue weighted by atomic mass is 16.5. The smallest absolute Gasteiger partial charge is 0.261 e. The van der Waals surface area contributed by atoms with Gasteiger partial charge >= 0.3 is 0 Å². The van der Waals surface area contributed by atoms with Crippen LogP contribution in [-0.4, -0.2) is 48.2 Å². The summed E-state index contributed by atoms with van der Waals surface area (Å²) in [6, 6.07) is 13.7. The van der Waals surface area contributed by atoms with Crippen molar-refractivity contribution in [3.8, 4) is 17.6 Å². The second-order valence-corrected chi connectivity index (χ2v) is 7.04. The van der Waals surface area contributed by atoms with Crippen molar-refractivity contribution >= 4 is 29.3 Å². The molecule has 1 heterocycles. The van der Waals surface area contributed by atoms with E-state index in [0.29, 0.717) is 29.0 Å². The molecular formula is C24H23N3O5. The fraction of sp³-hybridized carbons (Fsp3) is 0.250. The van der Waals surface area contributed by atoms with Gasteiger partial charge in [0.05, 0.1) is 17.7 Å². The molecular weight excluding hydrogens is 410 g/mol. The van der Waals surface area contributed by atoms with Gasteiger partial charge in [0.1, 0.15) is 12.4 Å². The van der Waals surface area contributed by atoms with Crippen molar-refractivity contribution in [2.45, 2.75) is 19.8 Å². The molecule has 0 unspecified atom stereocenters. The Hall–Kier alpha value is -4.12. The maximum absolute atomic E-state index is 12.3. The lowest BCUT2D eigenvalue weighted by Crippen LogP contribution is -2.32. The Morgan fingerprint density at radius 1 is 1.00 bits per heavy atom. The quantitative estimate of drug-likeness (QED) is 0.491. The average molecular weight is 433 g/mol. The van der Waals surface area contributed by atoms with Gasteiger partial charge in [-0.3, -0.25) is 24.1 Å². The molecule has 0 saturated heterocycles. The summed E-state index contributed by atoms with van der Waals surface area (Å²) in [6.45, 7) is 1.93. The SMILES string of the molecule is CC(=O)Nc1cccc(OCC#CCNC(=O)CCCN2C(=O)c3ccccc3C2=O)c1. The minimum atomic E-state index is -0.320. The van der Waals surface area contributed by atoms with Gasteiger partial charge in [0.15, 0.2) is 0 Å². The van der Waals surface area contributed by atoms with Gasteiger partial charge in [-0.15, -0.1) is 0 Å². The lowest BCUT2D eigenvalue weighted by molar-refractivity contribution is -0.121. The lowest BCUT2D eigenvalue weighted by atomic mass is 10.1. The molecule has 3 rings (SSSR count). The van der Waals surface area contributed by atoms with Crippen LogP contribution in [0, 0.1) is 11.8 Å². The van der Waals surface area contributed by atoms with Crippen LogP contribution in [0.15, 0.2) is 48.5 Å². The molecule has 8 heteroatoms. The summed E-state index contributed by atoms with van der Waals surface area (Å²) >= 11 is 0. The van der Waals surface area contributed by atoms with Crippen LogP contribution in [0.4, 0.5) is 5.69 Å². The Labute approximate surface area is 185 Å². The number of nitrogens with zero attached hydrogens (tertiary/aromatic N) is 1. The summed E-state index contributed by atoms with van der Waals surface area (Å²) in [5.41, 5.74) is 1.44. The molecule has 0 radical (unpaired) electrons. The first-order valence-corrected chi connectivity index (χ1v) is 10.1. The molecule has 0 aromatic heterocycles. The van der Waals surface area contributed by atoms with Gasteiger partial charge < -0.3 is 15.4 Å². The van der Waals surface area contributed by atoms with E-state index in [1.807, 2.05) is 0 Å². The Bertz CT molecular complexity index is 1070. The topological polar surface area (TPSA) is 105 Å². The van der Waals surface area contributed by atoms with Crippen molar-refractivity contribution in [1.29, 1.82) is 0 Å². The van der Waals surface area contributed by atoms with Crippen molar-refractivity contribution in [3.63, 3.8) is 0 Å². The number of benzene rings is 2. The number of anilines is 1. The molecule has 4 amide bonds. The first kappa shape index (κ1) is 22.6. The summed E-state index contributed by atoms with van der Waals surface area (Å²) in [7, 11) is 0. The normalized spacial score (nSPS) is 12.0. The minimum Gasteiger partial charge on any atom is -0.481 e. The van der Waals surface area contributed by atoms with E-state index in [-0.39, 0.29) is 49.7 Å². The van der Waals surface area contributed by atoms with E-state index in [1.165, 1.54) is 11.8 Å². The second kappa shape index (κ2) is 10.8. The zero-order valence-electron chi connectivity index (χ0n) is 17.6. The van der Waals surface area contributed by atoms with Gasteiger partial charge in [-0.2, -0.15) is 0 Å². The molecule has 0 aliphatic carbocycles. The van der Waals surface area contributed by atoms with E-state index >= 15 is 0 Å². The number of hydrogen-bond donors (Lipinski definition) is 2. The highest BCUT2D eigenvalue weighted by Crippen LogP contribution is 2.22. The maximum atomic E-state index is 12.3. The molecule has 0 bridgehead atoms. The molecule has 164 valence electrons. The van der Waals surface area contributed by atoms with Crippen molar-refractivity contribution in [2.75, 3.05) is 25.0 Å². The molecule has 2 aromatic rings. The van der Waals surface area contributed by atoms with Crippen molar-refractivity contribution in [2.24, 2.45) is 0 Å². The number of rotatable bonds is 8. The zero-order valence-corrected chi connectivity index (χ0v) is 17.6. The third-order valence-corrected chi connectivity index (χ3v) is 4.63. The summed E-state index contributed by atoms with van der Waals surface area (Å²) in [5.74, 6) is 5.15. The zero-order chi connectivity index (χ0) is 22.9. The third kappa shape index (κ3) is 5.95. The summed E-state index contributed by atoms with van der Waals surface area (Å²) in [6.07, 6.45) is 0.556. The summed E-state index contributed by atoms with van der Waals surface area (Å²) < 4.78 is 5.50. The number of carbonyl (C=O) groups excluding carboxylic acids is 4. The molecule has 2 N–H and O–H groups in total. The van der Waals surface area contributed by atoms with E-state index in [4.69, 9.17) is 4.74 Å². The molecule has 0 spiro atoms. The predicted octanol–water partition coefficient (Wildman–Crippen LogP) is 2.22. The fourth-order valence-electron chi connectivity index (χ4n) is 3.17. The molecule has 1 aliphatic rings. The van der Waals surface area contributed by atoms with Crippen molar-refractivity contribution < 1.29 is 23.9 Å². The molecule has 1 aliphatic heterocycles. The standard InChI is InChI=1S/C24H23N3O5/c1-17(28)26-18-8-6-9-19(16-18)32-15-5-4-13-25-22(29)12-7-14-27-23(30)20-10-2-3-11-21(20)24(27)31/h2-3,6,8-11,16H,7,12-15H2,1H3,(H,25,29)(H,26,28). The number of hydrogen-bond acceptors (Lipinski definition) is 5. The molecule has 32 heavy (non-hydrogen) atoms. The summed E-state index contributed by atoms with van der Waals surface area (Å²) in [4.78, 5) is 48.8. The third-order valence-electron chi connectivity index (χ3n) is 4.63. The number of amides is 4. The highest BCUT2D eigenvalue weighted by molar-refractivity contribution is 6.21. The van der Waals surface area contributed by atoms with Crippen LogP contribution in [0.2, 0.25) is 0 Å². The Kier molecular flexibility index (Phi) is 7.60. The van der Waals surface area contributed by atoms with Crippen LogP contribution in [0.25, 0.3) is 0 Å². The van der Waals surface area contributed by atoms with E-state index in [0.717, 1.165) is 0 Å². The van der Waals surface area contributed by atoms with Crippen LogP contribution in [-0.2, 0) is 9.59 Å². The lowest BCUT2D eigenvalue weighted by Gasteiger charge is -2.13. The van der Waals surface area contributed by atoms with Gasteiger partial charge in [-0.25, -0.2) is 0 Å². The highest BCUT2D eigenvalue weighted by Gasteiger charge is 2.34. The number of nitrogens with one attached hydrogen (secondary N) is 2. The average Bonchev–Trinajstić information content (AvgIpc) is 3.01. The van der Waals surface area contributed by atoms with E-state index in [9.17, 15) is 19.2 Å². The Balaban J connectivity index is 1.33. The largest absolute Gasteiger partial charge is 0.481 e. The first-order chi connectivity index (χ1) is 15.5. The van der Waals surface area contributed by atoms with Crippen LogP contribution >= 0.6 is 0 Å². The number of imide groups is 1. The molecule has 2 aromatic carbocycles. The molecule has 0 saturated carbocycles. The number of ether oxygens (including phenoxy) is 1. The van der Waals surface area contributed by atoms with Gasteiger partial charge in [-0.05, 0) is 30.7 Å².